The van der Waals surface area contributed by atoms with Crippen LogP contribution in [0.5, 0.6) is 0 Å². The van der Waals surface area contributed by atoms with E-state index in [0.29, 0.717) is 22.5 Å². The molecule has 1 aromatic carbocycles. The van der Waals surface area contributed by atoms with Crippen molar-refractivity contribution < 1.29 is 13.9 Å². The summed E-state index contributed by atoms with van der Waals surface area (Å²) in [5.74, 6) is 0.944. The Balaban J connectivity index is 1.38. The first-order chi connectivity index (χ1) is 12.7. The molecular weight excluding hydrogens is 357 g/mol. The molecule has 2 aliphatic rings. The summed E-state index contributed by atoms with van der Waals surface area (Å²) in [6, 6.07) is 6.66. The van der Waals surface area contributed by atoms with Crippen molar-refractivity contribution >= 4 is 28.7 Å². The lowest BCUT2D eigenvalue weighted by Gasteiger charge is -2.22. The third kappa shape index (κ3) is 2.46. The van der Waals surface area contributed by atoms with Gasteiger partial charge in [-0.1, -0.05) is 18.2 Å². The van der Waals surface area contributed by atoms with Crippen molar-refractivity contribution in [2.24, 2.45) is 0 Å². The van der Waals surface area contributed by atoms with Gasteiger partial charge in [-0.05, 0) is 6.07 Å². The number of halogens is 1. The predicted molar refractivity (Wildman–Crippen MR) is 94.9 cm³/mol. The van der Waals surface area contributed by atoms with E-state index in [1.54, 1.807) is 36.3 Å². The molecule has 134 valence electrons. The van der Waals surface area contributed by atoms with Gasteiger partial charge in [-0.15, -0.1) is 11.8 Å². The quantitative estimate of drug-likeness (QED) is 0.750. The SMILES string of the molecule is Nc1ncnc2c1ncn2[C@H]1O[C@H]2CS[C@@H]1[C@H]2OCc1ccccc1F. The zero-order valence-corrected chi connectivity index (χ0v) is 14.5. The van der Waals surface area contributed by atoms with E-state index in [1.807, 2.05) is 4.57 Å². The Kier molecular flexibility index (Phi) is 3.80. The van der Waals surface area contributed by atoms with Gasteiger partial charge in [0.05, 0.1) is 24.3 Å². The average molecular weight is 373 g/mol. The van der Waals surface area contributed by atoms with Gasteiger partial charge in [-0.2, -0.15) is 0 Å². The zero-order valence-electron chi connectivity index (χ0n) is 13.7. The van der Waals surface area contributed by atoms with E-state index < -0.39 is 0 Å². The van der Waals surface area contributed by atoms with Gasteiger partial charge in [0.1, 0.15) is 23.8 Å². The van der Waals surface area contributed by atoms with Crippen LogP contribution in [0.15, 0.2) is 36.9 Å². The minimum Gasteiger partial charge on any atom is -0.382 e. The normalized spacial score (nSPS) is 27.4. The van der Waals surface area contributed by atoms with Crippen LogP contribution in [0.3, 0.4) is 0 Å². The number of aromatic nitrogens is 4. The molecule has 7 nitrogen and oxygen atoms in total. The Morgan fingerprint density at radius 3 is 3.08 bits per heavy atom. The summed E-state index contributed by atoms with van der Waals surface area (Å²) in [6.07, 6.45) is 2.70. The maximum absolute atomic E-state index is 13.8. The minimum absolute atomic E-state index is 0.0431. The van der Waals surface area contributed by atoms with Gasteiger partial charge < -0.3 is 15.2 Å². The molecule has 9 heteroatoms. The van der Waals surface area contributed by atoms with Crippen molar-refractivity contribution in [3.8, 4) is 0 Å². The molecule has 2 N–H and O–H groups in total. The molecule has 4 heterocycles. The first-order valence-electron chi connectivity index (χ1n) is 8.27. The summed E-state index contributed by atoms with van der Waals surface area (Å²) in [7, 11) is 0. The fourth-order valence-electron chi connectivity index (χ4n) is 3.51. The van der Waals surface area contributed by atoms with Gasteiger partial charge in [0, 0.05) is 11.3 Å². The summed E-state index contributed by atoms with van der Waals surface area (Å²) < 4.78 is 27.9. The maximum Gasteiger partial charge on any atom is 0.167 e. The highest BCUT2D eigenvalue weighted by atomic mass is 32.2. The Hall–Kier alpha value is -2.23. The summed E-state index contributed by atoms with van der Waals surface area (Å²) in [5, 5.41) is 0.0837. The third-order valence-corrected chi connectivity index (χ3v) is 6.20. The van der Waals surface area contributed by atoms with Gasteiger partial charge in [0.25, 0.3) is 0 Å². The predicted octanol–water partition coefficient (Wildman–Crippen LogP) is 2.15. The van der Waals surface area contributed by atoms with E-state index in [0.717, 1.165) is 5.75 Å². The number of nitrogens with two attached hydrogens (primary N) is 1. The molecule has 2 aromatic heterocycles. The zero-order chi connectivity index (χ0) is 17.7. The second kappa shape index (κ2) is 6.19. The van der Waals surface area contributed by atoms with E-state index in [4.69, 9.17) is 15.2 Å². The van der Waals surface area contributed by atoms with Crippen LogP contribution in [-0.4, -0.2) is 42.7 Å². The fraction of sp³-hybridized carbons (Fsp3) is 0.353. The van der Waals surface area contributed by atoms with E-state index in [-0.39, 0.29) is 36.1 Å². The molecular formula is C17H16FN5O2S. The summed E-state index contributed by atoms with van der Waals surface area (Å²) in [6.45, 7) is 0.223. The Labute approximate surface area is 152 Å². The molecule has 2 aliphatic heterocycles. The number of hydrogen-bond donors (Lipinski definition) is 1. The van der Waals surface area contributed by atoms with Crippen LogP contribution in [-0.2, 0) is 16.1 Å². The van der Waals surface area contributed by atoms with E-state index in [2.05, 4.69) is 15.0 Å². The number of imidazole rings is 1. The standard InChI is InChI=1S/C17H16FN5O2S/c18-10-4-2-1-3-9(10)5-24-13-11-6-26-14(13)17(25-11)23-8-22-12-15(19)20-7-21-16(12)23/h1-4,7-8,11,13-14,17H,5-6H2,(H2,19,20,21)/t11-,13-,14+,17-/m0/s1. The number of fused-ring (bicyclic) bond motifs is 3. The second-order valence-corrected chi connectivity index (χ2v) is 7.52. The molecule has 2 fully saturated rings. The largest absolute Gasteiger partial charge is 0.382 e. The van der Waals surface area contributed by atoms with Crippen molar-refractivity contribution in [1.82, 2.24) is 19.5 Å². The van der Waals surface area contributed by atoms with Crippen LogP contribution in [0.2, 0.25) is 0 Å². The number of anilines is 1. The number of ether oxygens (including phenoxy) is 2. The van der Waals surface area contributed by atoms with Gasteiger partial charge in [-0.3, -0.25) is 4.57 Å². The fourth-order valence-corrected chi connectivity index (χ4v) is 4.99. The third-order valence-electron chi connectivity index (χ3n) is 4.79. The minimum atomic E-state index is -0.254. The van der Waals surface area contributed by atoms with Crippen molar-refractivity contribution in [2.75, 3.05) is 11.5 Å². The van der Waals surface area contributed by atoms with Crippen LogP contribution in [0.4, 0.5) is 10.2 Å². The smallest absolute Gasteiger partial charge is 0.167 e. The molecule has 0 saturated carbocycles. The van der Waals surface area contributed by atoms with Crippen LogP contribution >= 0.6 is 11.8 Å². The Morgan fingerprint density at radius 2 is 2.19 bits per heavy atom. The van der Waals surface area contributed by atoms with Crippen LogP contribution < -0.4 is 5.73 Å². The van der Waals surface area contributed by atoms with Crippen LogP contribution in [0.1, 0.15) is 11.8 Å². The highest BCUT2D eigenvalue weighted by molar-refractivity contribution is 8.00. The van der Waals surface area contributed by atoms with Crippen molar-refractivity contribution in [1.29, 1.82) is 0 Å². The summed E-state index contributed by atoms with van der Waals surface area (Å²) in [4.78, 5) is 12.6. The average Bonchev–Trinajstić information content (AvgIpc) is 3.34. The lowest BCUT2D eigenvalue weighted by Crippen LogP contribution is -2.26. The lowest BCUT2D eigenvalue weighted by atomic mass is 10.2. The van der Waals surface area contributed by atoms with E-state index >= 15 is 0 Å². The van der Waals surface area contributed by atoms with Crippen molar-refractivity contribution in [3.05, 3.63) is 48.3 Å². The van der Waals surface area contributed by atoms with Crippen LogP contribution in [0.25, 0.3) is 11.2 Å². The molecule has 0 radical (unpaired) electrons. The summed E-state index contributed by atoms with van der Waals surface area (Å²) in [5.41, 5.74) is 7.62. The Bertz CT molecular complexity index is 967. The molecule has 0 spiro atoms. The molecule has 26 heavy (non-hydrogen) atoms. The van der Waals surface area contributed by atoms with Crippen molar-refractivity contribution in [2.45, 2.75) is 30.3 Å². The number of nitrogen functional groups attached to an aromatic ring is 1. The van der Waals surface area contributed by atoms with Gasteiger partial charge >= 0.3 is 0 Å². The number of thioether (sulfide) groups is 1. The molecule has 4 atom stereocenters. The molecule has 0 aliphatic carbocycles. The van der Waals surface area contributed by atoms with Crippen molar-refractivity contribution in [3.63, 3.8) is 0 Å². The highest BCUT2D eigenvalue weighted by Gasteiger charge is 2.52. The Morgan fingerprint density at radius 1 is 1.31 bits per heavy atom. The number of rotatable bonds is 4. The number of hydrogen-bond acceptors (Lipinski definition) is 7. The number of benzene rings is 1. The van der Waals surface area contributed by atoms with Gasteiger partial charge in [-0.25, -0.2) is 19.3 Å². The highest BCUT2D eigenvalue weighted by Crippen LogP contribution is 2.47. The van der Waals surface area contributed by atoms with E-state index in [9.17, 15) is 4.39 Å². The first-order valence-corrected chi connectivity index (χ1v) is 9.32. The molecule has 2 saturated heterocycles. The molecule has 0 amide bonds. The first kappa shape index (κ1) is 16.0. The monoisotopic (exact) mass is 373 g/mol. The number of nitrogens with zero attached hydrogens (tertiary/aromatic N) is 4. The molecule has 3 aromatic rings. The molecule has 5 rings (SSSR count). The van der Waals surface area contributed by atoms with Gasteiger partial charge in [0.15, 0.2) is 17.7 Å². The summed E-state index contributed by atoms with van der Waals surface area (Å²) >= 11 is 1.79. The van der Waals surface area contributed by atoms with Gasteiger partial charge in [0.2, 0.25) is 0 Å². The van der Waals surface area contributed by atoms with E-state index in [1.165, 1.54) is 12.4 Å². The molecule has 0 unspecified atom stereocenters. The topological polar surface area (TPSA) is 88.1 Å². The van der Waals surface area contributed by atoms with Crippen LogP contribution in [0, 0.1) is 5.82 Å². The maximum atomic E-state index is 13.8. The molecule has 2 bridgehead atoms. The lowest BCUT2D eigenvalue weighted by molar-refractivity contribution is -0.0298. The second-order valence-electron chi connectivity index (χ2n) is 6.31.